The van der Waals surface area contributed by atoms with Crippen LogP contribution < -0.4 is 4.74 Å². The average molecular weight is 420 g/mol. The number of non-ortho nitro benzene ring substituents is 1. The number of nitriles is 1. The molecule has 28 heavy (non-hydrogen) atoms. The zero-order valence-corrected chi connectivity index (χ0v) is 16.5. The summed E-state index contributed by atoms with van der Waals surface area (Å²) in [7, 11) is 3.08. The first-order valence-corrected chi connectivity index (χ1v) is 8.67. The first-order chi connectivity index (χ1) is 13.2. The van der Waals surface area contributed by atoms with Crippen LogP contribution in [0.5, 0.6) is 5.75 Å². The van der Waals surface area contributed by atoms with Crippen molar-refractivity contribution in [1.29, 1.82) is 5.26 Å². The highest BCUT2D eigenvalue weighted by Gasteiger charge is 2.14. The molecule has 0 bridgehead atoms. The van der Waals surface area contributed by atoms with Gasteiger partial charge in [-0.2, -0.15) is 5.26 Å². The van der Waals surface area contributed by atoms with E-state index in [4.69, 9.17) is 33.2 Å². The van der Waals surface area contributed by atoms with Gasteiger partial charge >= 0.3 is 0 Å². The molecule has 0 aromatic heterocycles. The second-order valence-electron chi connectivity index (χ2n) is 5.90. The Morgan fingerprint density at radius 2 is 1.93 bits per heavy atom. The number of carbonyl (C=O) groups excluding carboxylic acids is 1. The summed E-state index contributed by atoms with van der Waals surface area (Å²) in [5, 5.41) is 20.4. The summed E-state index contributed by atoms with van der Waals surface area (Å²) in [6, 6.07) is 10.9. The SMILES string of the molecule is CN(C)C(=O)/C(C#N)=C\c1cc(Cl)c(OCc2cccc([N+](=O)[O-])c2)c(Cl)c1. The molecule has 9 heteroatoms. The summed E-state index contributed by atoms with van der Waals surface area (Å²) in [6.07, 6.45) is 1.38. The molecule has 0 atom stereocenters. The van der Waals surface area contributed by atoms with E-state index < -0.39 is 10.8 Å². The number of likely N-dealkylation sites (N-methyl/N-ethyl adjacent to an activating group) is 1. The maximum atomic E-state index is 11.9. The van der Waals surface area contributed by atoms with E-state index in [0.29, 0.717) is 11.1 Å². The first kappa shape index (κ1) is 21.2. The lowest BCUT2D eigenvalue weighted by Gasteiger charge is -2.12. The van der Waals surface area contributed by atoms with Crippen LogP contribution in [0.4, 0.5) is 5.69 Å². The number of carbonyl (C=O) groups is 1. The number of halogens is 2. The molecule has 2 aromatic rings. The normalized spacial score (nSPS) is 10.9. The Balaban J connectivity index is 2.25. The number of amides is 1. The van der Waals surface area contributed by atoms with E-state index in [1.807, 2.05) is 6.07 Å². The van der Waals surface area contributed by atoms with Crippen molar-refractivity contribution < 1.29 is 14.5 Å². The zero-order valence-electron chi connectivity index (χ0n) is 15.0. The number of hydrogen-bond acceptors (Lipinski definition) is 5. The van der Waals surface area contributed by atoms with Crippen molar-refractivity contribution in [3.63, 3.8) is 0 Å². The quantitative estimate of drug-likeness (QED) is 0.297. The Labute approximate surface area is 171 Å². The molecule has 0 aliphatic rings. The number of nitrogens with zero attached hydrogens (tertiary/aromatic N) is 3. The lowest BCUT2D eigenvalue weighted by atomic mass is 10.1. The molecule has 0 saturated carbocycles. The number of rotatable bonds is 6. The van der Waals surface area contributed by atoms with Crippen molar-refractivity contribution in [3.05, 3.63) is 73.3 Å². The third kappa shape index (κ3) is 5.22. The Morgan fingerprint density at radius 3 is 2.46 bits per heavy atom. The van der Waals surface area contributed by atoms with E-state index in [0.717, 1.165) is 0 Å². The number of ether oxygens (including phenoxy) is 1. The van der Waals surface area contributed by atoms with Gasteiger partial charge in [0.1, 0.15) is 18.2 Å². The number of benzene rings is 2. The van der Waals surface area contributed by atoms with Crippen LogP contribution in [0.3, 0.4) is 0 Å². The van der Waals surface area contributed by atoms with Gasteiger partial charge in [-0.1, -0.05) is 35.3 Å². The first-order valence-electron chi connectivity index (χ1n) is 7.91. The van der Waals surface area contributed by atoms with E-state index in [2.05, 4.69) is 0 Å². The topological polar surface area (TPSA) is 96.5 Å². The van der Waals surface area contributed by atoms with Gasteiger partial charge in [-0.3, -0.25) is 14.9 Å². The average Bonchev–Trinajstić information content (AvgIpc) is 2.65. The van der Waals surface area contributed by atoms with Crippen LogP contribution in [-0.4, -0.2) is 29.8 Å². The van der Waals surface area contributed by atoms with Crippen LogP contribution in [0.1, 0.15) is 11.1 Å². The highest BCUT2D eigenvalue weighted by molar-refractivity contribution is 6.37. The standard InChI is InChI=1S/C19H15Cl2N3O4/c1-23(2)19(25)14(10-22)6-13-8-16(20)18(17(21)9-13)28-11-12-4-3-5-15(7-12)24(26)27/h3-9H,11H2,1-2H3/b14-6-. The van der Waals surface area contributed by atoms with Crippen molar-refractivity contribution in [1.82, 2.24) is 4.90 Å². The van der Waals surface area contributed by atoms with E-state index in [9.17, 15) is 14.9 Å². The van der Waals surface area contributed by atoms with Crippen molar-refractivity contribution in [3.8, 4) is 11.8 Å². The lowest BCUT2D eigenvalue weighted by molar-refractivity contribution is -0.384. The molecule has 0 N–H and O–H groups in total. The van der Waals surface area contributed by atoms with Crippen molar-refractivity contribution in [2.75, 3.05) is 14.1 Å². The molecule has 2 aromatic carbocycles. The maximum Gasteiger partial charge on any atom is 0.269 e. The van der Waals surface area contributed by atoms with Crippen LogP contribution in [0.25, 0.3) is 6.08 Å². The van der Waals surface area contributed by atoms with E-state index in [1.54, 1.807) is 26.2 Å². The molecule has 0 saturated heterocycles. The molecule has 0 aliphatic carbocycles. The third-order valence-electron chi connectivity index (χ3n) is 3.59. The summed E-state index contributed by atoms with van der Waals surface area (Å²) < 4.78 is 5.61. The minimum absolute atomic E-state index is 0.0267. The fourth-order valence-electron chi connectivity index (χ4n) is 2.27. The van der Waals surface area contributed by atoms with Gasteiger partial charge in [0.05, 0.1) is 15.0 Å². The third-order valence-corrected chi connectivity index (χ3v) is 4.15. The summed E-state index contributed by atoms with van der Waals surface area (Å²) in [5.41, 5.74) is 0.925. The molecule has 0 radical (unpaired) electrons. The number of hydrogen-bond donors (Lipinski definition) is 0. The molecule has 7 nitrogen and oxygen atoms in total. The van der Waals surface area contributed by atoms with Gasteiger partial charge in [-0.25, -0.2) is 0 Å². The van der Waals surface area contributed by atoms with Gasteiger partial charge < -0.3 is 9.64 Å². The van der Waals surface area contributed by atoms with Crippen LogP contribution >= 0.6 is 23.2 Å². The molecule has 0 fully saturated rings. The van der Waals surface area contributed by atoms with Crippen molar-refractivity contribution in [2.24, 2.45) is 0 Å². The van der Waals surface area contributed by atoms with Gasteiger partial charge in [-0.15, -0.1) is 0 Å². The van der Waals surface area contributed by atoms with Crippen molar-refractivity contribution >= 4 is 40.9 Å². The minimum atomic E-state index is -0.494. The fourth-order valence-corrected chi connectivity index (χ4v) is 2.88. The second kappa shape index (κ2) is 9.22. The Bertz CT molecular complexity index is 974. The molecular formula is C19H15Cl2N3O4. The molecule has 0 spiro atoms. The fraction of sp³-hybridized carbons (Fsp3) is 0.158. The molecular weight excluding hydrogens is 405 g/mol. The van der Waals surface area contributed by atoms with Crippen LogP contribution in [0, 0.1) is 21.4 Å². The van der Waals surface area contributed by atoms with Gasteiger partial charge in [0.15, 0.2) is 5.75 Å². The van der Waals surface area contributed by atoms with E-state index in [1.165, 1.54) is 35.2 Å². The van der Waals surface area contributed by atoms with E-state index >= 15 is 0 Å². The van der Waals surface area contributed by atoms with Crippen LogP contribution in [0.2, 0.25) is 10.0 Å². The second-order valence-corrected chi connectivity index (χ2v) is 6.71. The summed E-state index contributed by atoms with van der Waals surface area (Å²) in [5.74, 6) is -0.245. The van der Waals surface area contributed by atoms with Gasteiger partial charge in [0.2, 0.25) is 0 Å². The van der Waals surface area contributed by atoms with Crippen LogP contribution in [0.15, 0.2) is 42.0 Å². The monoisotopic (exact) mass is 419 g/mol. The highest BCUT2D eigenvalue weighted by atomic mass is 35.5. The maximum absolute atomic E-state index is 11.9. The number of nitro groups is 1. The smallest absolute Gasteiger partial charge is 0.269 e. The predicted octanol–water partition coefficient (Wildman–Crippen LogP) is 4.48. The highest BCUT2D eigenvalue weighted by Crippen LogP contribution is 2.35. The molecule has 0 aliphatic heterocycles. The largest absolute Gasteiger partial charge is 0.486 e. The van der Waals surface area contributed by atoms with Gasteiger partial charge in [-0.05, 0) is 29.3 Å². The summed E-state index contributed by atoms with van der Waals surface area (Å²) in [4.78, 5) is 23.6. The van der Waals surface area contributed by atoms with Gasteiger partial charge in [0.25, 0.3) is 11.6 Å². The summed E-state index contributed by atoms with van der Waals surface area (Å²) in [6.45, 7) is 0.0267. The summed E-state index contributed by atoms with van der Waals surface area (Å²) >= 11 is 12.5. The zero-order chi connectivity index (χ0) is 20.8. The Morgan fingerprint density at radius 1 is 1.29 bits per heavy atom. The van der Waals surface area contributed by atoms with E-state index in [-0.39, 0.29) is 33.7 Å². The molecule has 0 heterocycles. The minimum Gasteiger partial charge on any atom is -0.486 e. The Hall–Kier alpha value is -3.08. The number of nitro benzene ring substituents is 1. The lowest BCUT2D eigenvalue weighted by Crippen LogP contribution is -2.22. The molecule has 2 rings (SSSR count). The molecule has 0 unspecified atom stereocenters. The molecule has 1 amide bonds. The Kier molecular flexibility index (Phi) is 6.99. The van der Waals surface area contributed by atoms with Crippen LogP contribution in [-0.2, 0) is 11.4 Å². The molecule has 144 valence electrons. The van der Waals surface area contributed by atoms with Crippen molar-refractivity contribution in [2.45, 2.75) is 6.61 Å². The predicted molar refractivity (Wildman–Crippen MR) is 106 cm³/mol. The van der Waals surface area contributed by atoms with Gasteiger partial charge in [0, 0.05) is 26.2 Å².